The molecule has 0 aromatic heterocycles. The van der Waals surface area contributed by atoms with Crippen LogP contribution >= 0.6 is 0 Å². The molecular formula is C18H31NO4. The van der Waals surface area contributed by atoms with Crippen LogP contribution < -0.4 is 5.32 Å². The molecule has 0 unspecified atom stereocenters. The van der Waals surface area contributed by atoms with Crippen LogP contribution in [-0.2, 0) is 19.1 Å². The number of methoxy groups -OCH3 is 1. The van der Waals surface area contributed by atoms with E-state index < -0.39 is 0 Å². The second-order valence-electron chi connectivity index (χ2n) is 7.25. The topological polar surface area (TPSA) is 64.6 Å². The Bertz CT molecular complexity index is 396. The van der Waals surface area contributed by atoms with E-state index in [4.69, 9.17) is 9.47 Å². The fourth-order valence-corrected chi connectivity index (χ4v) is 3.49. The fourth-order valence-electron chi connectivity index (χ4n) is 3.49. The van der Waals surface area contributed by atoms with Gasteiger partial charge >= 0.3 is 0 Å². The largest absolute Gasteiger partial charge is 0.381 e. The van der Waals surface area contributed by atoms with Gasteiger partial charge in [0, 0.05) is 31.4 Å². The molecule has 0 heterocycles. The minimum atomic E-state index is 0.0380. The van der Waals surface area contributed by atoms with Crippen molar-refractivity contribution in [1.29, 1.82) is 0 Å². The Labute approximate surface area is 139 Å². The molecule has 0 saturated heterocycles. The first-order chi connectivity index (χ1) is 11.0. The van der Waals surface area contributed by atoms with E-state index in [0.717, 1.165) is 38.5 Å². The number of hydrogen-bond donors (Lipinski definition) is 1. The summed E-state index contributed by atoms with van der Waals surface area (Å²) in [6, 6.07) is 0.173. The molecule has 1 N–H and O–H groups in total. The first-order valence-electron chi connectivity index (χ1n) is 8.97. The van der Waals surface area contributed by atoms with E-state index in [-0.39, 0.29) is 29.9 Å². The number of rotatable bonds is 8. The van der Waals surface area contributed by atoms with Crippen LogP contribution in [0, 0.1) is 11.8 Å². The van der Waals surface area contributed by atoms with Crippen LogP contribution in [0.5, 0.6) is 0 Å². The highest BCUT2D eigenvalue weighted by molar-refractivity contribution is 5.84. The van der Waals surface area contributed by atoms with E-state index in [2.05, 4.69) is 5.32 Å². The molecule has 23 heavy (non-hydrogen) atoms. The number of hydrogen-bond acceptors (Lipinski definition) is 4. The SMILES string of the molecule is COC1CCC(OCCC(=O)NC2CC(C(=O)C(C)C)C2)CC1. The van der Waals surface area contributed by atoms with E-state index in [1.807, 2.05) is 13.8 Å². The lowest BCUT2D eigenvalue weighted by molar-refractivity contribution is -0.131. The molecule has 2 aliphatic rings. The zero-order valence-corrected chi connectivity index (χ0v) is 14.7. The van der Waals surface area contributed by atoms with Crippen molar-refractivity contribution < 1.29 is 19.1 Å². The van der Waals surface area contributed by atoms with Crippen molar-refractivity contribution in [2.24, 2.45) is 11.8 Å². The molecule has 0 aliphatic heterocycles. The van der Waals surface area contributed by atoms with Crippen molar-refractivity contribution in [2.75, 3.05) is 13.7 Å². The Morgan fingerprint density at radius 2 is 1.70 bits per heavy atom. The molecule has 132 valence electrons. The highest BCUT2D eigenvalue weighted by atomic mass is 16.5. The Morgan fingerprint density at radius 1 is 1.09 bits per heavy atom. The molecule has 0 aromatic carbocycles. The minimum Gasteiger partial charge on any atom is -0.381 e. The lowest BCUT2D eigenvalue weighted by atomic mass is 9.75. The van der Waals surface area contributed by atoms with Crippen LogP contribution in [0.2, 0.25) is 0 Å². The Hall–Kier alpha value is -0.940. The van der Waals surface area contributed by atoms with Gasteiger partial charge < -0.3 is 14.8 Å². The predicted octanol–water partition coefficient (Wildman–Crippen LogP) is 2.47. The predicted molar refractivity (Wildman–Crippen MR) is 88.1 cm³/mol. The Kier molecular flexibility index (Phi) is 7.03. The summed E-state index contributed by atoms with van der Waals surface area (Å²) in [6.45, 7) is 4.35. The van der Waals surface area contributed by atoms with Gasteiger partial charge in [-0.25, -0.2) is 0 Å². The quantitative estimate of drug-likeness (QED) is 0.744. The van der Waals surface area contributed by atoms with Gasteiger partial charge in [-0.2, -0.15) is 0 Å². The number of carbonyl (C=O) groups excluding carboxylic acids is 2. The summed E-state index contributed by atoms with van der Waals surface area (Å²) in [6.07, 6.45) is 6.76. The number of ketones is 1. The van der Waals surface area contributed by atoms with Crippen LogP contribution in [-0.4, -0.2) is 43.7 Å². The van der Waals surface area contributed by atoms with Crippen LogP contribution in [0.1, 0.15) is 58.8 Å². The molecule has 2 fully saturated rings. The maximum Gasteiger partial charge on any atom is 0.222 e. The lowest BCUT2D eigenvalue weighted by Gasteiger charge is -2.35. The molecule has 0 atom stereocenters. The summed E-state index contributed by atoms with van der Waals surface area (Å²) in [7, 11) is 1.76. The molecule has 2 aliphatic carbocycles. The zero-order chi connectivity index (χ0) is 16.8. The normalized spacial score (nSPS) is 30.8. The molecule has 0 aromatic rings. The smallest absolute Gasteiger partial charge is 0.222 e. The number of ether oxygens (including phenoxy) is 2. The maximum atomic E-state index is 11.9. The average molecular weight is 325 g/mol. The summed E-state index contributed by atoms with van der Waals surface area (Å²) < 4.78 is 11.1. The van der Waals surface area contributed by atoms with E-state index in [1.54, 1.807) is 7.11 Å². The second-order valence-corrected chi connectivity index (χ2v) is 7.25. The number of amides is 1. The highest BCUT2D eigenvalue weighted by Crippen LogP contribution is 2.30. The molecule has 1 amide bonds. The van der Waals surface area contributed by atoms with Crippen molar-refractivity contribution in [1.82, 2.24) is 5.32 Å². The molecule has 0 bridgehead atoms. The molecule has 5 nitrogen and oxygen atoms in total. The lowest BCUT2D eigenvalue weighted by Crippen LogP contribution is -2.47. The van der Waals surface area contributed by atoms with Crippen molar-refractivity contribution in [3.8, 4) is 0 Å². The summed E-state index contributed by atoms with van der Waals surface area (Å²) >= 11 is 0. The highest BCUT2D eigenvalue weighted by Gasteiger charge is 2.35. The van der Waals surface area contributed by atoms with Crippen LogP contribution in [0.4, 0.5) is 0 Å². The summed E-state index contributed by atoms with van der Waals surface area (Å²) in [5, 5.41) is 3.00. The van der Waals surface area contributed by atoms with Crippen molar-refractivity contribution in [2.45, 2.75) is 77.0 Å². The molecule has 0 spiro atoms. The molecule has 2 saturated carbocycles. The standard InChI is InChI=1S/C18H31NO4/c1-12(2)18(21)13-10-14(11-13)19-17(20)8-9-23-16-6-4-15(22-3)5-7-16/h12-16H,4-11H2,1-3H3,(H,19,20). The van der Waals surface area contributed by atoms with Crippen molar-refractivity contribution >= 4 is 11.7 Å². The molecule has 0 radical (unpaired) electrons. The first kappa shape index (κ1) is 18.4. The third kappa shape index (κ3) is 5.57. The number of carbonyl (C=O) groups is 2. The molecule has 2 rings (SSSR count). The van der Waals surface area contributed by atoms with E-state index >= 15 is 0 Å². The van der Waals surface area contributed by atoms with E-state index in [9.17, 15) is 9.59 Å². The zero-order valence-electron chi connectivity index (χ0n) is 14.7. The average Bonchev–Trinajstić information content (AvgIpc) is 2.50. The van der Waals surface area contributed by atoms with Crippen LogP contribution in [0.15, 0.2) is 0 Å². The van der Waals surface area contributed by atoms with E-state index in [0.29, 0.717) is 24.9 Å². The third-order valence-electron chi connectivity index (χ3n) is 5.11. The maximum absolute atomic E-state index is 11.9. The van der Waals surface area contributed by atoms with Crippen molar-refractivity contribution in [3.05, 3.63) is 0 Å². The monoisotopic (exact) mass is 325 g/mol. The second kappa shape index (κ2) is 8.78. The van der Waals surface area contributed by atoms with Crippen LogP contribution in [0.25, 0.3) is 0 Å². The third-order valence-corrected chi connectivity index (χ3v) is 5.11. The van der Waals surface area contributed by atoms with Gasteiger partial charge in [-0.3, -0.25) is 9.59 Å². The minimum absolute atomic E-state index is 0.0380. The van der Waals surface area contributed by atoms with Gasteiger partial charge in [0.15, 0.2) is 0 Å². The van der Waals surface area contributed by atoms with Gasteiger partial charge in [0.2, 0.25) is 5.91 Å². The molecular weight excluding hydrogens is 294 g/mol. The van der Waals surface area contributed by atoms with Gasteiger partial charge in [-0.1, -0.05) is 13.8 Å². The van der Waals surface area contributed by atoms with Gasteiger partial charge in [-0.05, 0) is 38.5 Å². The van der Waals surface area contributed by atoms with Crippen LogP contribution in [0.3, 0.4) is 0 Å². The fraction of sp³-hybridized carbons (Fsp3) is 0.889. The summed E-state index contributed by atoms with van der Waals surface area (Å²) in [5.74, 6) is 0.604. The van der Waals surface area contributed by atoms with E-state index in [1.165, 1.54) is 0 Å². The van der Waals surface area contributed by atoms with Gasteiger partial charge in [0.25, 0.3) is 0 Å². The van der Waals surface area contributed by atoms with Crippen molar-refractivity contribution in [3.63, 3.8) is 0 Å². The van der Waals surface area contributed by atoms with Gasteiger partial charge in [0.1, 0.15) is 5.78 Å². The summed E-state index contributed by atoms with van der Waals surface area (Å²) in [5.41, 5.74) is 0. The number of nitrogens with one attached hydrogen (secondary N) is 1. The Balaban J connectivity index is 1.52. The van der Waals surface area contributed by atoms with Gasteiger partial charge in [0.05, 0.1) is 18.8 Å². The molecule has 5 heteroatoms. The first-order valence-corrected chi connectivity index (χ1v) is 8.97. The Morgan fingerprint density at radius 3 is 2.26 bits per heavy atom. The number of Topliss-reactive ketones (excluding diaryl/α,β-unsaturated/α-hetero) is 1. The van der Waals surface area contributed by atoms with Gasteiger partial charge in [-0.15, -0.1) is 0 Å². The summed E-state index contributed by atoms with van der Waals surface area (Å²) in [4.78, 5) is 23.7.